The molecule has 8 heteroatoms. The van der Waals surface area contributed by atoms with Crippen LogP contribution in [0, 0.1) is 6.92 Å². The first-order valence-electron chi connectivity index (χ1n) is 4.38. The fourth-order valence-electron chi connectivity index (χ4n) is 1.11. The average Bonchev–Trinajstić information content (AvgIpc) is 2.08. The topological polar surface area (TPSA) is 42.0 Å². The van der Waals surface area contributed by atoms with E-state index in [4.69, 9.17) is 23.2 Å². The molecule has 0 atom stereocenters. The van der Waals surface area contributed by atoms with E-state index in [-0.39, 0.29) is 16.0 Å². The van der Waals surface area contributed by atoms with Gasteiger partial charge in [0.15, 0.2) is 5.15 Å². The first-order valence-corrected chi connectivity index (χ1v) is 5.14. The number of alkyl halides is 3. The van der Waals surface area contributed by atoms with E-state index in [1.54, 1.807) is 6.92 Å². The van der Waals surface area contributed by atoms with E-state index in [0.29, 0.717) is 5.56 Å². The molecular formula is C9H7Cl2F3N2O. The molecule has 3 nitrogen and oxygen atoms in total. The molecule has 0 unspecified atom stereocenters. The third-order valence-corrected chi connectivity index (χ3v) is 2.23. The van der Waals surface area contributed by atoms with E-state index in [0.717, 1.165) is 0 Å². The minimum absolute atomic E-state index is 0.0327. The SMILES string of the molecule is Cc1cc(Cl)nc(Cl)c1NC(=O)CC(F)(F)F. The molecule has 1 aromatic rings. The minimum Gasteiger partial charge on any atom is -0.323 e. The van der Waals surface area contributed by atoms with Gasteiger partial charge in [-0.1, -0.05) is 23.2 Å². The highest BCUT2D eigenvalue weighted by atomic mass is 35.5. The van der Waals surface area contributed by atoms with Gasteiger partial charge >= 0.3 is 6.18 Å². The van der Waals surface area contributed by atoms with Crippen LogP contribution < -0.4 is 5.32 Å². The van der Waals surface area contributed by atoms with E-state index in [1.807, 2.05) is 0 Å². The summed E-state index contributed by atoms with van der Waals surface area (Å²) in [6.45, 7) is 1.54. The molecule has 0 saturated carbocycles. The van der Waals surface area contributed by atoms with Gasteiger partial charge < -0.3 is 5.32 Å². The lowest BCUT2D eigenvalue weighted by Gasteiger charge is -2.11. The van der Waals surface area contributed by atoms with Gasteiger partial charge in [0.05, 0.1) is 5.69 Å². The van der Waals surface area contributed by atoms with Crippen LogP contribution in [0.2, 0.25) is 10.3 Å². The quantitative estimate of drug-likeness (QED) is 0.845. The summed E-state index contributed by atoms with van der Waals surface area (Å²) in [4.78, 5) is 14.7. The van der Waals surface area contributed by atoms with Crippen molar-refractivity contribution in [3.05, 3.63) is 21.9 Å². The smallest absolute Gasteiger partial charge is 0.323 e. The number of nitrogens with zero attached hydrogens (tertiary/aromatic N) is 1. The maximum Gasteiger partial charge on any atom is 0.397 e. The van der Waals surface area contributed by atoms with Crippen molar-refractivity contribution in [2.75, 3.05) is 5.32 Å². The zero-order chi connectivity index (χ0) is 13.2. The number of carbonyl (C=O) groups is 1. The van der Waals surface area contributed by atoms with Gasteiger partial charge in [0.1, 0.15) is 11.6 Å². The number of aromatic nitrogens is 1. The molecule has 94 valence electrons. The first-order chi connectivity index (χ1) is 7.69. The van der Waals surface area contributed by atoms with Crippen LogP contribution in [0.3, 0.4) is 0 Å². The van der Waals surface area contributed by atoms with Crippen molar-refractivity contribution >= 4 is 34.8 Å². The Balaban J connectivity index is 2.86. The number of carbonyl (C=O) groups excluding carboxylic acids is 1. The molecule has 0 fully saturated rings. The van der Waals surface area contributed by atoms with E-state index in [1.165, 1.54) is 6.07 Å². The van der Waals surface area contributed by atoms with Crippen LogP contribution in [-0.2, 0) is 4.79 Å². The molecule has 1 N–H and O–H groups in total. The number of amides is 1. The Labute approximate surface area is 105 Å². The van der Waals surface area contributed by atoms with Crippen LogP contribution >= 0.6 is 23.2 Å². The summed E-state index contributed by atoms with van der Waals surface area (Å²) in [6.07, 6.45) is -6.14. The summed E-state index contributed by atoms with van der Waals surface area (Å²) in [7, 11) is 0. The highest BCUT2D eigenvalue weighted by Gasteiger charge is 2.31. The van der Waals surface area contributed by atoms with Gasteiger partial charge in [-0.05, 0) is 18.6 Å². The third kappa shape index (κ3) is 4.40. The largest absolute Gasteiger partial charge is 0.397 e. The zero-order valence-corrected chi connectivity index (χ0v) is 10.0. The van der Waals surface area contributed by atoms with E-state index in [9.17, 15) is 18.0 Å². The summed E-state index contributed by atoms with van der Waals surface area (Å²) < 4.78 is 35.8. The number of hydrogen-bond acceptors (Lipinski definition) is 2. The fourth-order valence-corrected chi connectivity index (χ4v) is 1.69. The van der Waals surface area contributed by atoms with E-state index >= 15 is 0 Å². The average molecular weight is 287 g/mol. The zero-order valence-electron chi connectivity index (χ0n) is 8.53. The van der Waals surface area contributed by atoms with Crippen LogP contribution in [0.15, 0.2) is 6.07 Å². The number of halogens is 5. The summed E-state index contributed by atoms with van der Waals surface area (Å²) in [5.74, 6) is -1.20. The molecule has 0 aliphatic rings. The standard InChI is InChI=1S/C9H7Cl2F3N2O/c1-4-2-5(10)15-8(11)7(4)16-6(17)3-9(12,13)14/h2H,3H2,1H3,(H,16,17). The molecule has 1 rings (SSSR count). The van der Waals surface area contributed by atoms with Crippen LogP contribution in [0.4, 0.5) is 18.9 Å². The number of anilines is 1. The molecule has 0 spiro atoms. The molecule has 0 bridgehead atoms. The Kier molecular flexibility index (Phi) is 4.21. The van der Waals surface area contributed by atoms with Crippen LogP contribution in [-0.4, -0.2) is 17.1 Å². The van der Waals surface area contributed by atoms with Crippen LogP contribution in [0.5, 0.6) is 0 Å². The predicted octanol–water partition coefficient (Wildman–Crippen LogP) is 3.59. The lowest BCUT2D eigenvalue weighted by Crippen LogP contribution is -2.21. The van der Waals surface area contributed by atoms with Crippen molar-refractivity contribution < 1.29 is 18.0 Å². The Morgan fingerprint density at radius 2 is 2.06 bits per heavy atom. The lowest BCUT2D eigenvalue weighted by atomic mass is 10.2. The van der Waals surface area contributed by atoms with Crippen molar-refractivity contribution in [2.45, 2.75) is 19.5 Å². The first kappa shape index (κ1) is 14.1. The summed E-state index contributed by atoms with van der Waals surface area (Å²) in [5, 5.41) is 2.00. The normalized spacial score (nSPS) is 11.4. The molecule has 0 aliphatic carbocycles. The summed E-state index contributed by atoms with van der Waals surface area (Å²) >= 11 is 11.2. The van der Waals surface area contributed by atoms with E-state index in [2.05, 4.69) is 10.3 Å². The molecule has 1 heterocycles. The molecule has 0 aliphatic heterocycles. The number of rotatable bonds is 2. The van der Waals surface area contributed by atoms with Crippen molar-refractivity contribution in [1.29, 1.82) is 0 Å². The Hall–Kier alpha value is -1.01. The number of hydrogen-bond donors (Lipinski definition) is 1. The molecule has 1 aromatic heterocycles. The molecule has 0 radical (unpaired) electrons. The monoisotopic (exact) mass is 286 g/mol. The van der Waals surface area contributed by atoms with Gasteiger partial charge in [-0.3, -0.25) is 4.79 Å². The van der Waals surface area contributed by atoms with Gasteiger partial charge in [0, 0.05) is 0 Å². The highest BCUT2D eigenvalue weighted by Crippen LogP contribution is 2.27. The van der Waals surface area contributed by atoms with Crippen LogP contribution in [0.25, 0.3) is 0 Å². The maximum absolute atomic E-state index is 11.9. The van der Waals surface area contributed by atoms with Crippen molar-refractivity contribution in [1.82, 2.24) is 4.98 Å². The van der Waals surface area contributed by atoms with Crippen molar-refractivity contribution in [3.63, 3.8) is 0 Å². The lowest BCUT2D eigenvalue weighted by molar-refractivity contribution is -0.150. The number of pyridine rings is 1. The predicted molar refractivity (Wildman–Crippen MR) is 58.3 cm³/mol. The van der Waals surface area contributed by atoms with Gasteiger partial charge in [-0.2, -0.15) is 13.2 Å². The van der Waals surface area contributed by atoms with E-state index < -0.39 is 18.5 Å². The third-order valence-electron chi connectivity index (χ3n) is 1.77. The highest BCUT2D eigenvalue weighted by molar-refractivity contribution is 6.34. The molecule has 1 amide bonds. The Morgan fingerprint density at radius 1 is 1.47 bits per heavy atom. The Bertz CT molecular complexity index is 425. The maximum atomic E-state index is 11.9. The minimum atomic E-state index is -4.57. The second kappa shape index (κ2) is 5.10. The molecular weight excluding hydrogens is 280 g/mol. The van der Waals surface area contributed by atoms with Crippen LogP contribution in [0.1, 0.15) is 12.0 Å². The molecule has 0 aromatic carbocycles. The molecule has 17 heavy (non-hydrogen) atoms. The van der Waals surface area contributed by atoms with Crippen molar-refractivity contribution in [2.24, 2.45) is 0 Å². The van der Waals surface area contributed by atoms with Gasteiger partial charge in [-0.15, -0.1) is 0 Å². The van der Waals surface area contributed by atoms with Gasteiger partial charge in [0.25, 0.3) is 0 Å². The fraction of sp³-hybridized carbons (Fsp3) is 0.333. The van der Waals surface area contributed by atoms with Crippen molar-refractivity contribution in [3.8, 4) is 0 Å². The summed E-state index contributed by atoms with van der Waals surface area (Å²) in [5.41, 5.74) is 0.468. The second-order valence-corrected chi connectivity index (χ2v) is 4.01. The summed E-state index contributed by atoms with van der Waals surface area (Å²) in [6, 6.07) is 1.39. The van der Waals surface area contributed by atoms with Gasteiger partial charge in [-0.25, -0.2) is 4.98 Å². The van der Waals surface area contributed by atoms with Gasteiger partial charge in [0.2, 0.25) is 5.91 Å². The number of nitrogens with one attached hydrogen (secondary N) is 1. The molecule has 0 saturated heterocycles. The number of aryl methyl sites for hydroxylation is 1. The second-order valence-electron chi connectivity index (χ2n) is 3.27. The Morgan fingerprint density at radius 3 is 2.53 bits per heavy atom.